The second kappa shape index (κ2) is 11.4. The second-order valence-electron chi connectivity index (χ2n) is 7.00. The van der Waals surface area contributed by atoms with E-state index in [0.717, 1.165) is 12.0 Å². The number of methoxy groups -OCH3 is 3. The highest BCUT2D eigenvalue weighted by Gasteiger charge is 2.57. The van der Waals surface area contributed by atoms with E-state index < -0.39 is 47.8 Å². The van der Waals surface area contributed by atoms with E-state index in [1.807, 2.05) is 0 Å². The molecule has 0 radical (unpaired) electrons. The summed E-state index contributed by atoms with van der Waals surface area (Å²) in [6, 6.07) is 5.69. The molecule has 1 aliphatic heterocycles. The Bertz CT molecular complexity index is 822. The van der Waals surface area contributed by atoms with Crippen LogP contribution in [0.15, 0.2) is 24.3 Å². The lowest BCUT2D eigenvalue weighted by Gasteiger charge is -2.30. The molecule has 1 aromatic rings. The summed E-state index contributed by atoms with van der Waals surface area (Å²) in [5.74, 6) is -5.21. The summed E-state index contributed by atoms with van der Waals surface area (Å²) in [4.78, 5) is 52.4. The van der Waals surface area contributed by atoms with Crippen molar-refractivity contribution in [1.82, 2.24) is 4.90 Å². The Labute approximate surface area is 186 Å². The molecule has 176 valence electrons. The molecule has 1 heterocycles. The number of para-hydroxylation sites is 1. The minimum absolute atomic E-state index is 0.0182. The van der Waals surface area contributed by atoms with Gasteiger partial charge in [0.2, 0.25) is 0 Å². The fourth-order valence-corrected chi connectivity index (χ4v) is 4.15. The minimum atomic E-state index is -1.48. The molecule has 32 heavy (non-hydrogen) atoms. The summed E-state index contributed by atoms with van der Waals surface area (Å²) < 4.78 is 25.6. The van der Waals surface area contributed by atoms with Gasteiger partial charge < -0.3 is 23.7 Å². The summed E-state index contributed by atoms with van der Waals surface area (Å²) in [5, 5.41) is 0. The molecule has 10 heteroatoms. The van der Waals surface area contributed by atoms with E-state index >= 15 is 0 Å². The number of carbonyl (C=O) groups excluding carboxylic acids is 4. The first-order chi connectivity index (χ1) is 15.4. The van der Waals surface area contributed by atoms with E-state index in [2.05, 4.69) is 0 Å². The number of hydrogen-bond donors (Lipinski definition) is 0. The van der Waals surface area contributed by atoms with Crippen LogP contribution in [0.2, 0.25) is 0 Å². The van der Waals surface area contributed by atoms with Crippen LogP contribution in [0.1, 0.15) is 25.3 Å². The first kappa shape index (κ1) is 25.0. The molecule has 0 spiro atoms. The summed E-state index contributed by atoms with van der Waals surface area (Å²) >= 11 is 0. The van der Waals surface area contributed by atoms with Crippen molar-refractivity contribution < 1.29 is 42.9 Å². The number of benzene rings is 1. The third kappa shape index (κ3) is 4.95. The molecule has 3 atom stereocenters. The van der Waals surface area contributed by atoms with E-state index in [1.54, 1.807) is 38.1 Å². The number of amides is 1. The van der Waals surface area contributed by atoms with Gasteiger partial charge in [-0.05, 0) is 25.5 Å². The standard InChI is InChI=1S/C22H29NO9/c1-6-31-19(24)17(20(25)32-7-2)16-14(13-10-8-9-11-15(13)28-3)12-23(22(27)30-5)18(16)21(26)29-4/h8-11,14,16-18H,6-7,12H2,1-5H3/t14-,16+,18-/m1/s1. The fourth-order valence-electron chi connectivity index (χ4n) is 4.15. The lowest BCUT2D eigenvalue weighted by Crippen LogP contribution is -2.49. The molecule has 0 unspecified atom stereocenters. The molecule has 1 aromatic carbocycles. The van der Waals surface area contributed by atoms with Crippen LogP contribution in [0, 0.1) is 11.8 Å². The highest BCUT2D eigenvalue weighted by molar-refractivity contribution is 5.97. The highest BCUT2D eigenvalue weighted by atomic mass is 16.6. The zero-order valence-electron chi connectivity index (χ0n) is 18.9. The number of nitrogens with zero attached hydrogens (tertiary/aromatic N) is 1. The van der Waals surface area contributed by atoms with Gasteiger partial charge in [0.15, 0.2) is 5.92 Å². The molecule has 1 amide bonds. The Kier molecular flexibility index (Phi) is 8.86. The van der Waals surface area contributed by atoms with Gasteiger partial charge in [0.05, 0.1) is 34.5 Å². The van der Waals surface area contributed by atoms with E-state index in [1.165, 1.54) is 14.2 Å². The van der Waals surface area contributed by atoms with Crippen LogP contribution in [0.4, 0.5) is 4.79 Å². The van der Waals surface area contributed by atoms with Gasteiger partial charge in [0.25, 0.3) is 0 Å². The van der Waals surface area contributed by atoms with Gasteiger partial charge in [-0.15, -0.1) is 0 Å². The van der Waals surface area contributed by atoms with Crippen LogP contribution >= 0.6 is 0 Å². The molecular formula is C22H29NO9. The van der Waals surface area contributed by atoms with Crippen LogP contribution in [0.25, 0.3) is 0 Å². The molecule has 1 fully saturated rings. The molecule has 0 bridgehead atoms. The van der Waals surface area contributed by atoms with Crippen molar-refractivity contribution in [1.29, 1.82) is 0 Å². The van der Waals surface area contributed by atoms with Crippen molar-refractivity contribution in [3.05, 3.63) is 29.8 Å². The lowest BCUT2D eigenvalue weighted by atomic mass is 9.76. The van der Waals surface area contributed by atoms with Crippen LogP contribution in [0.5, 0.6) is 5.75 Å². The lowest BCUT2D eigenvalue weighted by molar-refractivity contribution is -0.166. The summed E-state index contributed by atoms with van der Waals surface area (Å²) in [6.07, 6.45) is -0.797. The van der Waals surface area contributed by atoms with Crippen molar-refractivity contribution in [2.75, 3.05) is 41.1 Å². The number of carbonyl (C=O) groups is 4. The van der Waals surface area contributed by atoms with Crippen molar-refractivity contribution in [3.8, 4) is 5.75 Å². The maximum atomic E-state index is 12.9. The predicted octanol–water partition coefficient (Wildman–Crippen LogP) is 1.76. The summed E-state index contributed by atoms with van der Waals surface area (Å²) in [6.45, 7) is 3.22. The minimum Gasteiger partial charge on any atom is -0.496 e. The van der Waals surface area contributed by atoms with Crippen LogP contribution < -0.4 is 4.74 Å². The van der Waals surface area contributed by atoms with Gasteiger partial charge >= 0.3 is 24.0 Å². The van der Waals surface area contributed by atoms with E-state index in [-0.39, 0.29) is 19.8 Å². The average molecular weight is 451 g/mol. The van der Waals surface area contributed by atoms with Gasteiger partial charge in [-0.25, -0.2) is 9.59 Å². The molecule has 0 aliphatic carbocycles. The van der Waals surface area contributed by atoms with Crippen LogP contribution in [-0.2, 0) is 33.3 Å². The normalized spacial score (nSPS) is 19.9. The van der Waals surface area contributed by atoms with Gasteiger partial charge in [0, 0.05) is 18.4 Å². The van der Waals surface area contributed by atoms with Crippen molar-refractivity contribution in [2.24, 2.45) is 11.8 Å². The fraction of sp³-hybridized carbons (Fsp3) is 0.545. The number of ether oxygens (including phenoxy) is 5. The first-order valence-corrected chi connectivity index (χ1v) is 10.2. The zero-order chi connectivity index (χ0) is 23.8. The summed E-state index contributed by atoms with van der Waals surface area (Å²) in [7, 11) is 3.82. The third-order valence-corrected chi connectivity index (χ3v) is 5.41. The van der Waals surface area contributed by atoms with Crippen LogP contribution in [0.3, 0.4) is 0 Å². The predicted molar refractivity (Wildman–Crippen MR) is 111 cm³/mol. The smallest absolute Gasteiger partial charge is 0.410 e. The topological polar surface area (TPSA) is 118 Å². The average Bonchev–Trinajstić information content (AvgIpc) is 3.18. The maximum absolute atomic E-state index is 12.9. The SMILES string of the molecule is CCOC(=O)C(C(=O)OCC)[C@@H]1[C@@H](c2ccccc2OC)CN(C(=O)OC)[C@H]1C(=O)OC. The van der Waals surface area contributed by atoms with Gasteiger partial charge in [-0.3, -0.25) is 14.5 Å². The second-order valence-corrected chi connectivity index (χ2v) is 7.00. The molecule has 0 aromatic heterocycles. The number of esters is 3. The summed E-state index contributed by atoms with van der Waals surface area (Å²) in [5.41, 5.74) is 0.610. The van der Waals surface area contributed by atoms with Gasteiger partial charge in [-0.2, -0.15) is 0 Å². The number of likely N-dealkylation sites (tertiary alicyclic amines) is 1. The Balaban J connectivity index is 2.73. The van der Waals surface area contributed by atoms with E-state index in [0.29, 0.717) is 11.3 Å². The number of rotatable bonds is 8. The molecule has 0 saturated carbocycles. The van der Waals surface area contributed by atoms with E-state index in [9.17, 15) is 19.2 Å². The third-order valence-electron chi connectivity index (χ3n) is 5.41. The molecular weight excluding hydrogens is 422 g/mol. The first-order valence-electron chi connectivity index (χ1n) is 10.2. The van der Waals surface area contributed by atoms with Crippen LogP contribution in [-0.4, -0.2) is 76.0 Å². The van der Waals surface area contributed by atoms with Gasteiger partial charge in [-0.1, -0.05) is 18.2 Å². The Morgan fingerprint density at radius 3 is 2.06 bits per heavy atom. The molecule has 0 N–H and O–H groups in total. The molecule has 1 aliphatic rings. The zero-order valence-corrected chi connectivity index (χ0v) is 18.9. The van der Waals surface area contributed by atoms with Crippen molar-refractivity contribution >= 4 is 24.0 Å². The Hall–Kier alpha value is -3.30. The van der Waals surface area contributed by atoms with E-state index in [4.69, 9.17) is 23.7 Å². The molecule has 1 saturated heterocycles. The quantitative estimate of drug-likeness (QED) is 0.331. The highest BCUT2D eigenvalue weighted by Crippen LogP contribution is 2.46. The molecule has 2 rings (SSSR count). The Morgan fingerprint density at radius 2 is 1.56 bits per heavy atom. The monoisotopic (exact) mass is 451 g/mol. The van der Waals surface area contributed by atoms with Crippen molar-refractivity contribution in [2.45, 2.75) is 25.8 Å². The largest absolute Gasteiger partial charge is 0.496 e. The molecule has 10 nitrogen and oxygen atoms in total. The number of hydrogen-bond acceptors (Lipinski definition) is 9. The van der Waals surface area contributed by atoms with Crippen molar-refractivity contribution in [3.63, 3.8) is 0 Å². The Morgan fingerprint density at radius 1 is 0.969 bits per heavy atom. The van der Waals surface area contributed by atoms with Gasteiger partial charge in [0.1, 0.15) is 11.8 Å². The maximum Gasteiger partial charge on any atom is 0.410 e.